The Hall–Kier alpha value is -2.54. The summed E-state index contributed by atoms with van der Waals surface area (Å²) in [5.41, 5.74) is 0.490. The number of hydrogen-bond donors (Lipinski definition) is 1. The van der Waals surface area contributed by atoms with Gasteiger partial charge in [-0.1, -0.05) is 30.7 Å². The van der Waals surface area contributed by atoms with Crippen LogP contribution in [-0.2, 0) is 22.2 Å². The second-order valence-electron chi connectivity index (χ2n) is 5.87. The van der Waals surface area contributed by atoms with Crippen molar-refractivity contribution in [1.29, 1.82) is 0 Å². The van der Waals surface area contributed by atoms with E-state index in [1.807, 2.05) is 19.1 Å². The van der Waals surface area contributed by atoms with Gasteiger partial charge in [-0.3, -0.25) is 9.59 Å². The Labute approximate surface area is 159 Å². The van der Waals surface area contributed by atoms with Gasteiger partial charge in [0.05, 0.1) is 16.3 Å². The number of hydrogen-bond acceptors (Lipinski definition) is 2. The van der Waals surface area contributed by atoms with E-state index < -0.39 is 30.1 Å². The van der Waals surface area contributed by atoms with Gasteiger partial charge in [0.2, 0.25) is 11.8 Å². The first-order valence-electron chi connectivity index (χ1n) is 8.15. The Morgan fingerprint density at radius 2 is 1.74 bits per heavy atom. The average Bonchev–Trinajstić information content (AvgIpc) is 2.60. The fourth-order valence-corrected chi connectivity index (χ4v) is 2.65. The number of aryl methyl sites for hydroxylation is 1. The topological polar surface area (TPSA) is 49.4 Å². The van der Waals surface area contributed by atoms with Gasteiger partial charge >= 0.3 is 6.18 Å². The minimum Gasteiger partial charge on any atom is -0.325 e. The van der Waals surface area contributed by atoms with E-state index in [4.69, 9.17) is 11.6 Å². The van der Waals surface area contributed by atoms with Gasteiger partial charge in [0.1, 0.15) is 6.54 Å². The Bertz CT molecular complexity index is 836. The molecular formula is C19H18ClF3N2O2. The summed E-state index contributed by atoms with van der Waals surface area (Å²) in [6.07, 6.45) is -3.74. The number of amides is 2. The summed E-state index contributed by atoms with van der Waals surface area (Å²) in [4.78, 5) is 25.1. The third kappa shape index (κ3) is 5.47. The Morgan fingerprint density at radius 3 is 2.26 bits per heavy atom. The molecule has 2 rings (SSSR count). The first kappa shape index (κ1) is 20.8. The van der Waals surface area contributed by atoms with Crippen LogP contribution in [0.2, 0.25) is 5.02 Å². The molecule has 27 heavy (non-hydrogen) atoms. The molecule has 0 aliphatic heterocycles. The first-order valence-corrected chi connectivity index (χ1v) is 8.53. The maximum Gasteiger partial charge on any atom is 0.416 e. The van der Waals surface area contributed by atoms with Crippen LogP contribution < -0.4 is 10.2 Å². The molecule has 0 aliphatic carbocycles. The van der Waals surface area contributed by atoms with Crippen molar-refractivity contribution in [1.82, 2.24) is 0 Å². The van der Waals surface area contributed by atoms with Crippen molar-refractivity contribution in [2.45, 2.75) is 26.4 Å². The minimum atomic E-state index is -4.59. The summed E-state index contributed by atoms with van der Waals surface area (Å²) >= 11 is 5.97. The molecule has 1 N–H and O–H groups in total. The van der Waals surface area contributed by atoms with Crippen LogP contribution in [0.25, 0.3) is 0 Å². The van der Waals surface area contributed by atoms with E-state index in [-0.39, 0.29) is 10.7 Å². The molecule has 0 radical (unpaired) electrons. The minimum absolute atomic E-state index is 0.0571. The Morgan fingerprint density at radius 1 is 1.11 bits per heavy atom. The Kier molecular flexibility index (Phi) is 6.49. The Balaban J connectivity index is 2.22. The van der Waals surface area contributed by atoms with E-state index in [2.05, 4.69) is 5.32 Å². The van der Waals surface area contributed by atoms with Crippen LogP contribution in [0, 0.1) is 0 Å². The van der Waals surface area contributed by atoms with Crippen molar-refractivity contribution in [2.24, 2.45) is 0 Å². The molecule has 0 saturated heterocycles. The third-order valence-corrected chi connectivity index (χ3v) is 4.21. The van der Waals surface area contributed by atoms with Gasteiger partial charge in [0, 0.05) is 12.6 Å². The van der Waals surface area contributed by atoms with Crippen molar-refractivity contribution in [3.05, 3.63) is 58.6 Å². The van der Waals surface area contributed by atoms with Crippen molar-refractivity contribution in [3.8, 4) is 0 Å². The second-order valence-corrected chi connectivity index (χ2v) is 6.27. The predicted octanol–water partition coefficient (Wildman–Crippen LogP) is 4.91. The number of nitrogens with zero attached hydrogens (tertiary/aromatic N) is 1. The summed E-state index contributed by atoms with van der Waals surface area (Å²) in [7, 11) is 0. The molecule has 0 aliphatic rings. The van der Waals surface area contributed by atoms with Crippen LogP contribution in [0.15, 0.2) is 42.5 Å². The van der Waals surface area contributed by atoms with E-state index in [1.54, 1.807) is 12.1 Å². The van der Waals surface area contributed by atoms with Gasteiger partial charge in [-0.15, -0.1) is 0 Å². The maximum atomic E-state index is 13.0. The number of halogens is 4. The lowest BCUT2D eigenvalue weighted by Gasteiger charge is -2.23. The number of nitrogens with one attached hydrogen (secondary N) is 1. The number of alkyl halides is 3. The molecule has 0 atom stereocenters. The van der Waals surface area contributed by atoms with E-state index in [9.17, 15) is 22.8 Å². The first-order chi connectivity index (χ1) is 12.6. The van der Waals surface area contributed by atoms with Gasteiger partial charge in [0.25, 0.3) is 0 Å². The largest absolute Gasteiger partial charge is 0.416 e. The molecule has 0 fully saturated rings. The summed E-state index contributed by atoms with van der Waals surface area (Å²) in [5, 5.41) is 2.56. The van der Waals surface area contributed by atoms with Crippen LogP contribution in [0.4, 0.5) is 24.5 Å². The molecule has 2 aromatic rings. The molecule has 0 spiro atoms. The highest BCUT2D eigenvalue weighted by molar-refractivity contribution is 6.34. The molecule has 0 bridgehead atoms. The molecule has 0 heterocycles. The highest BCUT2D eigenvalue weighted by atomic mass is 35.5. The number of carbonyl (C=O) groups excluding carboxylic acids is 2. The zero-order valence-corrected chi connectivity index (χ0v) is 15.5. The van der Waals surface area contributed by atoms with Crippen LogP contribution in [0.1, 0.15) is 25.0 Å². The van der Waals surface area contributed by atoms with E-state index >= 15 is 0 Å². The molecule has 2 amide bonds. The van der Waals surface area contributed by atoms with E-state index in [0.717, 1.165) is 42.0 Å². The third-order valence-electron chi connectivity index (χ3n) is 3.89. The van der Waals surface area contributed by atoms with Crippen LogP contribution >= 0.6 is 11.6 Å². The van der Waals surface area contributed by atoms with Crippen LogP contribution in [-0.4, -0.2) is 18.4 Å². The summed E-state index contributed by atoms with van der Waals surface area (Å²) in [5.74, 6) is -1.16. The van der Waals surface area contributed by atoms with Crippen molar-refractivity contribution in [3.63, 3.8) is 0 Å². The SMILES string of the molecule is CCc1ccc(NC(=O)CN(C(C)=O)c2cc(C(F)(F)F)ccc2Cl)cc1. The molecule has 8 heteroatoms. The van der Waals surface area contributed by atoms with E-state index in [0.29, 0.717) is 5.69 Å². The summed E-state index contributed by atoms with van der Waals surface area (Å²) in [6, 6.07) is 9.76. The van der Waals surface area contributed by atoms with Crippen molar-refractivity contribution in [2.75, 3.05) is 16.8 Å². The molecule has 0 aromatic heterocycles. The molecule has 144 valence electrons. The van der Waals surface area contributed by atoms with Crippen LogP contribution in [0.3, 0.4) is 0 Å². The zero-order valence-electron chi connectivity index (χ0n) is 14.7. The lowest BCUT2D eigenvalue weighted by molar-refractivity contribution is -0.137. The predicted molar refractivity (Wildman–Crippen MR) is 98.9 cm³/mol. The molecule has 0 unspecified atom stereocenters. The quantitative estimate of drug-likeness (QED) is 0.777. The zero-order chi connectivity index (χ0) is 20.2. The number of rotatable bonds is 5. The molecule has 2 aromatic carbocycles. The van der Waals surface area contributed by atoms with E-state index in [1.165, 1.54) is 0 Å². The number of carbonyl (C=O) groups is 2. The van der Waals surface area contributed by atoms with Gasteiger partial charge in [0.15, 0.2) is 0 Å². The number of benzene rings is 2. The smallest absolute Gasteiger partial charge is 0.325 e. The van der Waals surface area contributed by atoms with Gasteiger partial charge < -0.3 is 10.2 Å². The number of anilines is 2. The molecular weight excluding hydrogens is 381 g/mol. The standard InChI is InChI=1S/C19H18ClF3N2O2/c1-3-13-4-7-15(8-5-13)24-18(27)11-25(12(2)26)17-10-14(19(21,22)23)6-9-16(17)20/h4-10H,3,11H2,1-2H3,(H,24,27). The molecule has 0 saturated carbocycles. The van der Waals surface area contributed by atoms with Crippen LogP contribution in [0.5, 0.6) is 0 Å². The fourth-order valence-electron chi connectivity index (χ4n) is 2.43. The molecule has 4 nitrogen and oxygen atoms in total. The van der Waals surface area contributed by atoms with Crippen molar-refractivity contribution >= 4 is 34.8 Å². The monoisotopic (exact) mass is 398 g/mol. The normalized spacial score (nSPS) is 11.2. The lowest BCUT2D eigenvalue weighted by Crippen LogP contribution is -2.37. The lowest BCUT2D eigenvalue weighted by atomic mass is 10.1. The summed E-state index contributed by atoms with van der Waals surface area (Å²) < 4.78 is 38.9. The average molecular weight is 399 g/mol. The maximum absolute atomic E-state index is 13.0. The second kappa shape index (κ2) is 8.43. The highest BCUT2D eigenvalue weighted by Gasteiger charge is 2.32. The highest BCUT2D eigenvalue weighted by Crippen LogP contribution is 2.35. The van der Waals surface area contributed by atoms with Crippen molar-refractivity contribution < 1.29 is 22.8 Å². The van der Waals surface area contributed by atoms with Gasteiger partial charge in [-0.25, -0.2) is 0 Å². The summed E-state index contributed by atoms with van der Waals surface area (Å²) in [6.45, 7) is 2.68. The van der Waals surface area contributed by atoms with Gasteiger partial charge in [-0.2, -0.15) is 13.2 Å². The fraction of sp³-hybridized carbons (Fsp3) is 0.263. The van der Waals surface area contributed by atoms with Gasteiger partial charge in [-0.05, 0) is 42.3 Å².